The highest BCUT2D eigenvalue weighted by atomic mass is 16.2. The molecule has 2 aromatic rings. The second-order valence-corrected chi connectivity index (χ2v) is 6.31. The molecule has 1 fully saturated rings. The molecule has 1 aliphatic heterocycles. The van der Waals surface area contributed by atoms with Crippen molar-refractivity contribution in [1.29, 1.82) is 0 Å². The van der Waals surface area contributed by atoms with Gasteiger partial charge in [-0.3, -0.25) is 14.3 Å². The number of piperidine rings is 1. The number of aromatic nitrogens is 5. The molecule has 1 unspecified atom stereocenters. The van der Waals surface area contributed by atoms with Gasteiger partial charge in [-0.1, -0.05) is 11.6 Å². The van der Waals surface area contributed by atoms with Crippen molar-refractivity contribution in [3.05, 3.63) is 39.8 Å². The fraction of sp³-hybridized carbons (Fsp3) is 0.562. The summed E-state index contributed by atoms with van der Waals surface area (Å²) >= 11 is 0. The number of nitrogens with zero attached hydrogens (tertiary/aromatic N) is 4. The van der Waals surface area contributed by atoms with E-state index in [1.54, 1.807) is 17.8 Å². The Kier molecular flexibility index (Phi) is 5.54. The molecule has 1 aliphatic rings. The highest BCUT2D eigenvalue weighted by Gasteiger charge is 2.14. The van der Waals surface area contributed by atoms with E-state index < -0.39 is 0 Å². The molecule has 3 heterocycles. The maximum absolute atomic E-state index is 12.2. The molecule has 2 aromatic heterocycles. The molecule has 0 aromatic carbocycles. The van der Waals surface area contributed by atoms with Crippen LogP contribution in [0.4, 0.5) is 0 Å². The molecule has 9 heteroatoms. The third-order valence-corrected chi connectivity index (χ3v) is 4.23. The number of rotatable bonds is 6. The SMILES string of the molecule is Cc1nc(CNC(=O)c2cn(CCC3CCCCN3)nn2)cc(=O)[nH]1. The highest BCUT2D eigenvalue weighted by Crippen LogP contribution is 2.10. The number of carbonyl (C=O) groups excluding carboxylic acids is 1. The van der Waals surface area contributed by atoms with Crippen molar-refractivity contribution in [2.45, 2.75) is 51.7 Å². The largest absolute Gasteiger partial charge is 0.345 e. The number of hydrogen-bond donors (Lipinski definition) is 3. The second-order valence-electron chi connectivity index (χ2n) is 6.31. The van der Waals surface area contributed by atoms with Crippen LogP contribution in [0.15, 0.2) is 17.1 Å². The Balaban J connectivity index is 1.50. The number of aryl methyl sites for hydroxylation is 2. The normalized spacial score (nSPS) is 17.4. The predicted octanol–water partition coefficient (Wildman–Crippen LogP) is 0.132. The number of hydrogen-bond acceptors (Lipinski definition) is 6. The van der Waals surface area contributed by atoms with Crippen molar-refractivity contribution in [2.24, 2.45) is 0 Å². The molecule has 0 bridgehead atoms. The molecule has 0 saturated carbocycles. The lowest BCUT2D eigenvalue weighted by Crippen LogP contribution is -2.34. The Morgan fingerprint density at radius 2 is 2.32 bits per heavy atom. The molecule has 0 spiro atoms. The molecular formula is C16H23N7O2. The van der Waals surface area contributed by atoms with Crippen molar-refractivity contribution >= 4 is 5.91 Å². The van der Waals surface area contributed by atoms with Gasteiger partial charge in [-0.05, 0) is 32.7 Å². The first kappa shape index (κ1) is 17.3. The average Bonchev–Trinajstić information content (AvgIpc) is 3.07. The van der Waals surface area contributed by atoms with E-state index in [1.807, 2.05) is 0 Å². The van der Waals surface area contributed by atoms with Crippen LogP contribution in [0.5, 0.6) is 0 Å². The fourth-order valence-corrected chi connectivity index (χ4v) is 2.96. The fourth-order valence-electron chi connectivity index (χ4n) is 2.96. The van der Waals surface area contributed by atoms with E-state index in [0.717, 1.165) is 19.5 Å². The minimum atomic E-state index is -0.332. The first-order chi connectivity index (χ1) is 12.1. The summed E-state index contributed by atoms with van der Waals surface area (Å²) in [6.45, 7) is 3.67. The molecule has 1 saturated heterocycles. The zero-order chi connectivity index (χ0) is 17.6. The zero-order valence-corrected chi connectivity index (χ0v) is 14.3. The number of nitrogens with one attached hydrogen (secondary N) is 3. The van der Waals surface area contributed by atoms with E-state index in [0.29, 0.717) is 17.6 Å². The van der Waals surface area contributed by atoms with E-state index >= 15 is 0 Å². The summed E-state index contributed by atoms with van der Waals surface area (Å²) in [6.07, 6.45) is 6.31. The number of aromatic amines is 1. The van der Waals surface area contributed by atoms with Crippen LogP contribution >= 0.6 is 0 Å². The van der Waals surface area contributed by atoms with Gasteiger partial charge >= 0.3 is 0 Å². The number of H-pyrrole nitrogens is 1. The van der Waals surface area contributed by atoms with Gasteiger partial charge in [0.15, 0.2) is 5.69 Å². The van der Waals surface area contributed by atoms with Gasteiger partial charge in [0.25, 0.3) is 11.5 Å². The maximum Gasteiger partial charge on any atom is 0.273 e. The van der Waals surface area contributed by atoms with Crippen molar-refractivity contribution in [3.63, 3.8) is 0 Å². The summed E-state index contributed by atoms with van der Waals surface area (Å²) in [4.78, 5) is 30.3. The predicted molar refractivity (Wildman–Crippen MR) is 91.0 cm³/mol. The lowest BCUT2D eigenvalue weighted by atomic mass is 10.0. The Bertz CT molecular complexity index is 777. The summed E-state index contributed by atoms with van der Waals surface area (Å²) in [5.41, 5.74) is 0.530. The number of carbonyl (C=O) groups is 1. The van der Waals surface area contributed by atoms with E-state index in [9.17, 15) is 9.59 Å². The van der Waals surface area contributed by atoms with E-state index in [-0.39, 0.29) is 23.7 Å². The van der Waals surface area contributed by atoms with Crippen LogP contribution in [-0.4, -0.2) is 43.5 Å². The molecule has 1 amide bonds. The Morgan fingerprint density at radius 3 is 3.08 bits per heavy atom. The van der Waals surface area contributed by atoms with Gasteiger partial charge in [-0.2, -0.15) is 0 Å². The van der Waals surface area contributed by atoms with Gasteiger partial charge in [0.1, 0.15) is 5.82 Å². The molecule has 25 heavy (non-hydrogen) atoms. The van der Waals surface area contributed by atoms with E-state index in [2.05, 4.69) is 30.9 Å². The van der Waals surface area contributed by atoms with Crippen LogP contribution < -0.4 is 16.2 Å². The monoisotopic (exact) mass is 345 g/mol. The van der Waals surface area contributed by atoms with Crippen molar-refractivity contribution in [2.75, 3.05) is 6.54 Å². The smallest absolute Gasteiger partial charge is 0.273 e. The zero-order valence-electron chi connectivity index (χ0n) is 14.3. The Labute approximate surface area is 145 Å². The first-order valence-electron chi connectivity index (χ1n) is 8.59. The molecule has 9 nitrogen and oxygen atoms in total. The summed E-state index contributed by atoms with van der Waals surface area (Å²) in [6, 6.07) is 1.88. The van der Waals surface area contributed by atoms with Crippen molar-refractivity contribution < 1.29 is 4.79 Å². The average molecular weight is 345 g/mol. The lowest BCUT2D eigenvalue weighted by Gasteiger charge is -2.23. The van der Waals surface area contributed by atoms with Crippen molar-refractivity contribution in [1.82, 2.24) is 35.6 Å². The molecule has 134 valence electrons. The molecule has 1 atom stereocenters. The maximum atomic E-state index is 12.2. The third-order valence-electron chi connectivity index (χ3n) is 4.23. The van der Waals surface area contributed by atoms with Gasteiger partial charge in [0, 0.05) is 18.7 Å². The van der Waals surface area contributed by atoms with Crippen LogP contribution in [0.1, 0.15) is 47.7 Å². The van der Waals surface area contributed by atoms with Crippen molar-refractivity contribution in [3.8, 4) is 0 Å². The van der Waals surface area contributed by atoms with Crippen LogP contribution in [0.2, 0.25) is 0 Å². The Hall–Kier alpha value is -2.55. The first-order valence-corrected chi connectivity index (χ1v) is 8.59. The van der Waals surface area contributed by atoms with E-state index in [1.165, 1.54) is 25.3 Å². The summed E-state index contributed by atoms with van der Waals surface area (Å²) in [5, 5.41) is 14.1. The minimum Gasteiger partial charge on any atom is -0.345 e. The van der Waals surface area contributed by atoms with Gasteiger partial charge in [-0.25, -0.2) is 4.98 Å². The summed E-state index contributed by atoms with van der Waals surface area (Å²) in [5.74, 6) is 0.181. The quantitative estimate of drug-likeness (QED) is 0.685. The second kappa shape index (κ2) is 8.02. The van der Waals surface area contributed by atoms with Gasteiger partial charge in [-0.15, -0.1) is 5.10 Å². The van der Waals surface area contributed by atoms with Gasteiger partial charge in [0.05, 0.1) is 18.4 Å². The molecular weight excluding hydrogens is 322 g/mol. The molecule has 3 N–H and O–H groups in total. The lowest BCUT2D eigenvalue weighted by molar-refractivity contribution is 0.0945. The Morgan fingerprint density at radius 1 is 1.44 bits per heavy atom. The van der Waals surface area contributed by atoms with Gasteiger partial charge < -0.3 is 15.6 Å². The van der Waals surface area contributed by atoms with E-state index in [4.69, 9.17) is 0 Å². The van der Waals surface area contributed by atoms with Crippen LogP contribution in [0, 0.1) is 6.92 Å². The molecule has 0 aliphatic carbocycles. The summed E-state index contributed by atoms with van der Waals surface area (Å²) in [7, 11) is 0. The molecule has 0 radical (unpaired) electrons. The summed E-state index contributed by atoms with van der Waals surface area (Å²) < 4.78 is 1.70. The standard InChI is InChI=1S/C16H23N7O2/c1-11-19-13(8-15(24)20-11)9-18-16(25)14-10-23(22-21-14)7-5-12-4-2-3-6-17-12/h8,10,12,17H,2-7,9H2,1H3,(H,18,25)(H,19,20,24). The van der Waals surface area contributed by atoms with Crippen LogP contribution in [-0.2, 0) is 13.1 Å². The van der Waals surface area contributed by atoms with Crippen LogP contribution in [0.25, 0.3) is 0 Å². The van der Waals surface area contributed by atoms with Crippen LogP contribution in [0.3, 0.4) is 0 Å². The topological polar surface area (TPSA) is 118 Å². The van der Waals surface area contributed by atoms with Gasteiger partial charge in [0.2, 0.25) is 0 Å². The number of amides is 1. The highest BCUT2D eigenvalue weighted by molar-refractivity contribution is 5.91. The minimum absolute atomic E-state index is 0.169. The third kappa shape index (κ3) is 4.96. The molecule has 3 rings (SSSR count).